The molecule has 2 saturated carbocycles. The van der Waals surface area contributed by atoms with E-state index in [-0.39, 0.29) is 5.41 Å². The van der Waals surface area contributed by atoms with Crippen LogP contribution in [0.25, 0.3) is 0 Å². The first-order valence-corrected chi connectivity index (χ1v) is 14.0. The lowest BCUT2D eigenvalue weighted by Gasteiger charge is -2.52. The average Bonchev–Trinajstić information content (AvgIpc) is 3.13. The number of Topliss-reactive ketones (excluding diaryl/α,β-unsaturated/α-hetero) is 1. The number of ether oxygens (including phenoxy) is 1. The molecule has 0 heterocycles. The Balaban J connectivity index is 1.42. The van der Waals surface area contributed by atoms with Crippen molar-refractivity contribution in [1.29, 1.82) is 0 Å². The van der Waals surface area contributed by atoms with E-state index in [2.05, 4.69) is 78.0 Å². The Hall–Kier alpha value is -1.36. The monoisotopic (exact) mass is 542 g/mol. The quantitative estimate of drug-likeness (QED) is 0.206. The van der Waals surface area contributed by atoms with Crippen LogP contribution in [0.15, 0.2) is 48.5 Å². The van der Waals surface area contributed by atoms with Crippen LogP contribution in [0.2, 0.25) is 0 Å². The highest BCUT2D eigenvalue weighted by atomic mass is 127. The molecule has 2 fully saturated rings. The first kappa shape index (κ1) is 22.4. The molecule has 0 bridgehead atoms. The number of alkyl halides is 1. The maximum atomic E-state index is 13.1. The van der Waals surface area contributed by atoms with E-state index in [0.717, 1.165) is 44.5 Å². The lowest BCUT2D eigenvalue weighted by Crippen LogP contribution is -2.45. The van der Waals surface area contributed by atoms with E-state index in [0.29, 0.717) is 29.5 Å². The van der Waals surface area contributed by atoms with Gasteiger partial charge in [-0.15, -0.1) is 0 Å². The van der Waals surface area contributed by atoms with E-state index >= 15 is 0 Å². The van der Waals surface area contributed by atoms with Gasteiger partial charge in [-0.2, -0.15) is 0 Å². The Kier molecular flexibility index (Phi) is 6.65. The molecule has 0 aromatic heterocycles. The predicted octanol–water partition coefficient (Wildman–Crippen LogP) is 7.49. The van der Waals surface area contributed by atoms with Gasteiger partial charge in [0.05, 0.1) is 6.61 Å². The number of carbonyl (C=O) groups is 1. The Morgan fingerprint density at radius 3 is 2.62 bits per heavy atom. The molecule has 0 spiro atoms. The molecule has 0 saturated heterocycles. The maximum absolute atomic E-state index is 13.1. The van der Waals surface area contributed by atoms with Crippen molar-refractivity contribution < 1.29 is 9.53 Å². The number of aryl methyl sites for hydroxylation is 1. The summed E-state index contributed by atoms with van der Waals surface area (Å²) in [5.74, 6) is 3.59. The third-order valence-electron chi connectivity index (χ3n) is 8.71. The zero-order valence-corrected chi connectivity index (χ0v) is 21.4. The van der Waals surface area contributed by atoms with Crippen LogP contribution in [0.4, 0.5) is 0 Å². The molecule has 5 rings (SSSR count). The maximum Gasteiger partial charge on any atom is 0.139 e. The number of carbonyl (C=O) groups excluding carboxylic acids is 1. The Labute approximate surface area is 206 Å². The molecule has 32 heavy (non-hydrogen) atoms. The molecule has 0 N–H and O–H groups in total. The second kappa shape index (κ2) is 9.48. The summed E-state index contributed by atoms with van der Waals surface area (Å²) in [7, 11) is 0. The second-order valence-corrected chi connectivity index (χ2v) is 11.5. The molecule has 2 aromatic carbocycles. The Morgan fingerprint density at radius 2 is 1.81 bits per heavy atom. The smallest absolute Gasteiger partial charge is 0.139 e. The highest BCUT2D eigenvalue weighted by Crippen LogP contribution is 2.63. The highest BCUT2D eigenvalue weighted by Gasteiger charge is 2.57. The van der Waals surface area contributed by atoms with Gasteiger partial charge in [-0.25, -0.2) is 0 Å². The van der Waals surface area contributed by atoms with Crippen molar-refractivity contribution in [3.63, 3.8) is 0 Å². The van der Waals surface area contributed by atoms with Crippen molar-refractivity contribution in [2.45, 2.75) is 70.1 Å². The molecule has 2 nitrogen and oxygen atoms in total. The van der Waals surface area contributed by atoms with Crippen molar-refractivity contribution in [1.82, 2.24) is 0 Å². The Morgan fingerprint density at radius 1 is 1.00 bits per heavy atom. The number of hydrogen-bond acceptors (Lipinski definition) is 2. The van der Waals surface area contributed by atoms with E-state index in [1.165, 1.54) is 34.8 Å². The molecule has 5 atom stereocenters. The highest BCUT2D eigenvalue weighted by molar-refractivity contribution is 14.1. The number of hydrogen-bond donors (Lipinski definition) is 0. The minimum atomic E-state index is -0.147. The molecule has 3 aliphatic rings. The minimum Gasteiger partial charge on any atom is -0.494 e. The van der Waals surface area contributed by atoms with E-state index in [9.17, 15) is 4.79 Å². The number of unbranched alkanes of at least 4 members (excludes halogenated alkanes) is 2. The summed E-state index contributed by atoms with van der Waals surface area (Å²) in [6.45, 7) is 3.08. The van der Waals surface area contributed by atoms with Crippen LogP contribution in [0, 0.1) is 17.3 Å². The van der Waals surface area contributed by atoms with Crippen molar-refractivity contribution in [3.8, 4) is 5.75 Å². The summed E-state index contributed by atoms with van der Waals surface area (Å²) in [5, 5.41) is 0. The van der Waals surface area contributed by atoms with Crippen LogP contribution in [0.3, 0.4) is 0 Å². The summed E-state index contributed by atoms with van der Waals surface area (Å²) in [5.41, 5.74) is 4.31. The molecule has 0 amide bonds. The van der Waals surface area contributed by atoms with Gasteiger partial charge in [-0.3, -0.25) is 4.79 Å². The normalized spacial score (nSPS) is 31.0. The summed E-state index contributed by atoms with van der Waals surface area (Å²) in [6, 6.07) is 18.0. The van der Waals surface area contributed by atoms with Gasteiger partial charge in [-0.05, 0) is 102 Å². The van der Waals surface area contributed by atoms with Crippen LogP contribution in [-0.2, 0) is 11.2 Å². The lowest BCUT2D eigenvalue weighted by atomic mass is 9.51. The van der Waals surface area contributed by atoms with Crippen LogP contribution < -0.4 is 4.74 Å². The number of halogens is 1. The van der Waals surface area contributed by atoms with E-state index in [4.69, 9.17) is 4.74 Å². The summed E-state index contributed by atoms with van der Waals surface area (Å²) in [4.78, 5) is 13.1. The predicted molar refractivity (Wildman–Crippen MR) is 139 cm³/mol. The molecule has 3 heteroatoms. The standard InChI is InChI=1S/C29H35IO2/c1-29-19-25(21-9-12-22(13-10-21)32-18-6-2-5-17-30)28-23-8-4-3-7-20(23)11-14-24(28)26(29)15-16-27(29)31/h3-4,7-10,12-13,24-26,28H,2,5-6,11,14-19H2,1H3/t24-,25+,26-,28+,29-/m0/s1. The second-order valence-electron chi connectivity index (χ2n) is 10.4. The van der Waals surface area contributed by atoms with Crippen LogP contribution in [0.1, 0.15) is 80.4 Å². The first-order chi connectivity index (χ1) is 15.6. The number of benzene rings is 2. The van der Waals surface area contributed by atoms with Crippen LogP contribution >= 0.6 is 22.6 Å². The molecule has 3 aliphatic carbocycles. The molecular formula is C29H35IO2. The third-order valence-corrected chi connectivity index (χ3v) is 9.47. The molecule has 170 valence electrons. The van der Waals surface area contributed by atoms with E-state index < -0.39 is 0 Å². The molecular weight excluding hydrogens is 507 g/mol. The van der Waals surface area contributed by atoms with Gasteiger partial charge in [-0.1, -0.05) is 65.9 Å². The van der Waals surface area contributed by atoms with Gasteiger partial charge >= 0.3 is 0 Å². The SMILES string of the molecule is C[C@]12C[C@H](c3ccc(OCCCCCI)cc3)[C@@H]3c4ccccc4CC[C@H]3[C@@H]1CCC2=O. The van der Waals surface area contributed by atoms with E-state index in [1.807, 2.05) is 0 Å². The Bertz CT molecular complexity index is 952. The first-order valence-electron chi connectivity index (χ1n) is 12.5. The number of ketones is 1. The summed E-state index contributed by atoms with van der Waals surface area (Å²) < 4.78 is 7.23. The third kappa shape index (κ3) is 4.03. The van der Waals surface area contributed by atoms with Crippen molar-refractivity contribution in [2.75, 3.05) is 11.0 Å². The summed E-state index contributed by atoms with van der Waals surface area (Å²) >= 11 is 2.44. The fourth-order valence-electron chi connectivity index (χ4n) is 7.12. The van der Waals surface area contributed by atoms with Gasteiger partial charge in [0, 0.05) is 11.8 Å². The fraction of sp³-hybridized carbons (Fsp3) is 0.552. The molecule has 2 aromatic rings. The average molecular weight is 543 g/mol. The number of fused-ring (bicyclic) bond motifs is 5. The van der Waals surface area contributed by atoms with Gasteiger partial charge < -0.3 is 4.74 Å². The van der Waals surface area contributed by atoms with Gasteiger partial charge in [0.25, 0.3) is 0 Å². The summed E-state index contributed by atoms with van der Waals surface area (Å²) in [6.07, 6.45) is 8.88. The molecule has 0 unspecified atom stereocenters. The van der Waals surface area contributed by atoms with Gasteiger partial charge in [0.15, 0.2) is 0 Å². The lowest BCUT2D eigenvalue weighted by molar-refractivity contribution is -0.130. The zero-order chi connectivity index (χ0) is 22.1. The zero-order valence-electron chi connectivity index (χ0n) is 19.2. The van der Waals surface area contributed by atoms with Crippen molar-refractivity contribution in [3.05, 3.63) is 65.2 Å². The van der Waals surface area contributed by atoms with Crippen LogP contribution in [-0.4, -0.2) is 16.8 Å². The van der Waals surface area contributed by atoms with Crippen LogP contribution in [0.5, 0.6) is 5.75 Å². The number of rotatable bonds is 7. The van der Waals surface area contributed by atoms with Gasteiger partial charge in [0.1, 0.15) is 11.5 Å². The molecule has 0 radical (unpaired) electrons. The van der Waals surface area contributed by atoms with Crippen molar-refractivity contribution >= 4 is 28.4 Å². The largest absolute Gasteiger partial charge is 0.494 e. The molecule has 0 aliphatic heterocycles. The fourth-order valence-corrected chi connectivity index (χ4v) is 7.66. The minimum absolute atomic E-state index is 0.147. The van der Waals surface area contributed by atoms with Crippen molar-refractivity contribution in [2.24, 2.45) is 17.3 Å². The van der Waals surface area contributed by atoms with Gasteiger partial charge in [0.2, 0.25) is 0 Å². The topological polar surface area (TPSA) is 26.3 Å². The van der Waals surface area contributed by atoms with E-state index in [1.54, 1.807) is 5.56 Å².